The second-order valence-electron chi connectivity index (χ2n) is 20.0. The maximum Gasteiger partial charge on any atom is 0.0346 e. The predicted octanol–water partition coefficient (Wildman–Crippen LogP) is 18.6. The molecule has 0 aliphatic carbocycles. The summed E-state index contributed by atoms with van der Waals surface area (Å²) in [6.45, 7) is 4.57. The zero-order valence-electron chi connectivity index (χ0n) is 41.7. The highest BCUT2D eigenvalue weighted by Crippen LogP contribution is 2.23. The van der Waals surface area contributed by atoms with Crippen molar-refractivity contribution in [3.63, 3.8) is 0 Å². The van der Waals surface area contributed by atoms with Crippen LogP contribution < -0.4 is 11.5 Å². The van der Waals surface area contributed by atoms with E-state index in [4.69, 9.17) is 11.5 Å². The monoisotopic (exact) mass is 869 g/mol. The van der Waals surface area contributed by atoms with Crippen molar-refractivity contribution in [1.29, 1.82) is 0 Å². The Morgan fingerprint density at radius 2 is 0.484 bits per heavy atom. The Labute approximate surface area is 395 Å². The Balaban J connectivity index is 0.893. The van der Waals surface area contributed by atoms with Gasteiger partial charge in [-0.05, 0) is 121 Å². The van der Waals surface area contributed by atoms with Gasteiger partial charge < -0.3 is 11.5 Å². The summed E-state index contributed by atoms with van der Waals surface area (Å²) >= 11 is 0. The van der Waals surface area contributed by atoms with Gasteiger partial charge in [0.05, 0.1) is 0 Å². The van der Waals surface area contributed by atoms with Gasteiger partial charge in [0, 0.05) is 11.4 Å². The minimum Gasteiger partial charge on any atom is -0.399 e. The van der Waals surface area contributed by atoms with E-state index in [1.54, 1.807) is 0 Å². The van der Waals surface area contributed by atoms with E-state index in [-0.39, 0.29) is 0 Å². The third-order valence-corrected chi connectivity index (χ3v) is 14.1. The van der Waals surface area contributed by atoms with Crippen LogP contribution in [0.25, 0.3) is 0 Å². The average molecular weight is 869 g/mol. The quantitative estimate of drug-likeness (QED) is 0.0347. The fourth-order valence-electron chi connectivity index (χ4n) is 9.77. The molecule has 64 heavy (non-hydrogen) atoms. The minimum absolute atomic E-state index is 0.962. The summed E-state index contributed by atoms with van der Waals surface area (Å²) in [6.07, 6.45) is 48.0. The first-order chi connectivity index (χ1) is 31.5. The number of anilines is 2. The molecule has 0 atom stereocenters. The number of nitrogen functional groups attached to an aromatic ring is 2. The van der Waals surface area contributed by atoms with Gasteiger partial charge in [0.1, 0.15) is 0 Å². The van der Waals surface area contributed by atoms with Crippen LogP contribution in [0.4, 0.5) is 11.4 Å². The lowest BCUT2D eigenvalue weighted by atomic mass is 9.97. The molecule has 4 rings (SSSR count). The molecular formula is C62H96N2. The molecule has 0 spiro atoms. The largest absolute Gasteiger partial charge is 0.399 e. The molecule has 2 heteroatoms. The van der Waals surface area contributed by atoms with Crippen molar-refractivity contribution >= 4 is 11.4 Å². The normalized spacial score (nSPS) is 11.5. The van der Waals surface area contributed by atoms with E-state index in [0.717, 1.165) is 37.1 Å². The van der Waals surface area contributed by atoms with Crippen LogP contribution in [-0.4, -0.2) is 0 Å². The molecule has 4 aromatic rings. The number of aryl methyl sites for hydroxylation is 4. The Kier molecular flexibility index (Phi) is 28.9. The van der Waals surface area contributed by atoms with E-state index in [0.29, 0.717) is 0 Å². The van der Waals surface area contributed by atoms with Gasteiger partial charge in [0.2, 0.25) is 0 Å². The Bertz CT molecular complexity index is 1590. The lowest BCUT2D eigenvalue weighted by Gasteiger charge is -2.10. The number of benzene rings is 4. The molecule has 0 radical (unpaired) electrons. The van der Waals surface area contributed by atoms with Crippen molar-refractivity contribution in [3.05, 3.63) is 129 Å². The molecule has 0 saturated carbocycles. The highest BCUT2D eigenvalue weighted by Gasteiger charge is 2.06. The summed E-state index contributed by atoms with van der Waals surface area (Å²) < 4.78 is 0. The number of nitrogens with two attached hydrogens (primary N) is 2. The van der Waals surface area contributed by atoms with Gasteiger partial charge in [0.25, 0.3) is 0 Å². The maximum atomic E-state index is 6.34. The van der Waals surface area contributed by atoms with Crippen LogP contribution in [0.1, 0.15) is 251 Å². The van der Waals surface area contributed by atoms with E-state index in [1.807, 2.05) is 0 Å². The van der Waals surface area contributed by atoms with E-state index >= 15 is 0 Å². The van der Waals surface area contributed by atoms with Gasteiger partial charge in [-0.3, -0.25) is 0 Å². The van der Waals surface area contributed by atoms with Crippen LogP contribution in [0.5, 0.6) is 0 Å². The average Bonchev–Trinajstić information content (AvgIpc) is 3.31. The van der Waals surface area contributed by atoms with Gasteiger partial charge in [-0.15, -0.1) is 0 Å². The molecule has 0 aliphatic rings. The van der Waals surface area contributed by atoms with Gasteiger partial charge in [-0.2, -0.15) is 0 Å². The second-order valence-corrected chi connectivity index (χ2v) is 20.0. The Hall–Kier alpha value is -3.52. The zero-order valence-corrected chi connectivity index (χ0v) is 41.7. The van der Waals surface area contributed by atoms with Crippen molar-refractivity contribution < 1.29 is 0 Å². The van der Waals surface area contributed by atoms with Gasteiger partial charge in [-0.1, -0.05) is 254 Å². The van der Waals surface area contributed by atoms with Gasteiger partial charge in [0.15, 0.2) is 0 Å². The fourth-order valence-corrected chi connectivity index (χ4v) is 9.77. The van der Waals surface area contributed by atoms with Crippen molar-refractivity contribution in [2.24, 2.45) is 0 Å². The van der Waals surface area contributed by atoms with Crippen LogP contribution >= 0.6 is 0 Å². The minimum atomic E-state index is 0.962. The first-order valence-corrected chi connectivity index (χ1v) is 27.4. The summed E-state index contributed by atoms with van der Waals surface area (Å²) in [4.78, 5) is 0. The van der Waals surface area contributed by atoms with Gasteiger partial charge in [-0.25, -0.2) is 0 Å². The molecule has 0 unspecified atom stereocenters. The first kappa shape index (κ1) is 53.1. The van der Waals surface area contributed by atoms with E-state index in [1.165, 1.54) is 250 Å². The van der Waals surface area contributed by atoms with Crippen molar-refractivity contribution in [3.8, 4) is 0 Å². The molecule has 4 aromatic carbocycles. The van der Waals surface area contributed by atoms with E-state index in [9.17, 15) is 0 Å². The van der Waals surface area contributed by atoms with Gasteiger partial charge >= 0.3 is 0 Å². The third-order valence-electron chi connectivity index (χ3n) is 14.1. The molecule has 4 N–H and O–H groups in total. The zero-order chi connectivity index (χ0) is 45.1. The molecule has 354 valence electrons. The van der Waals surface area contributed by atoms with E-state index < -0.39 is 0 Å². The standard InChI is InChI=1S/C62H96N2/c1-3-5-7-9-27-31-35-59-51-57(45-47-61(59)63)49-55-41-37-53(38-42-55)33-29-25-23-21-19-17-15-13-11-12-14-16-18-20-22-24-26-30-34-54-39-43-56(44-40-54)50-58-46-48-62(64)60(52-58)36-32-28-10-8-6-4-2/h37-48,51-52H,3-36,49-50,63-64H2,1-2H3. The van der Waals surface area contributed by atoms with Crippen molar-refractivity contribution in [2.75, 3.05) is 11.5 Å². The van der Waals surface area contributed by atoms with Crippen LogP contribution in [0.2, 0.25) is 0 Å². The number of hydrogen-bond acceptors (Lipinski definition) is 2. The molecular weight excluding hydrogens is 773 g/mol. The Morgan fingerprint density at radius 3 is 0.781 bits per heavy atom. The van der Waals surface area contributed by atoms with E-state index in [2.05, 4.69) is 98.8 Å². The summed E-state index contributed by atoms with van der Waals surface area (Å²) in [5.41, 5.74) is 25.9. The SMILES string of the molecule is CCCCCCCCc1cc(Cc2ccc(CCCCCCCCCCCCCCCCCCCCc3ccc(Cc4ccc(N)c(CCCCCCCC)c4)cc3)cc2)ccc1N. The lowest BCUT2D eigenvalue weighted by Crippen LogP contribution is -1.98. The molecule has 0 amide bonds. The molecule has 0 aliphatic heterocycles. The molecule has 0 heterocycles. The van der Waals surface area contributed by atoms with Crippen LogP contribution in [-0.2, 0) is 38.5 Å². The molecule has 0 aromatic heterocycles. The fraction of sp³-hybridized carbons (Fsp3) is 0.613. The number of rotatable bonds is 39. The van der Waals surface area contributed by atoms with Crippen molar-refractivity contribution in [1.82, 2.24) is 0 Å². The summed E-state index contributed by atoms with van der Waals surface area (Å²) in [5.74, 6) is 0. The third kappa shape index (κ3) is 24.1. The van der Waals surface area contributed by atoms with Crippen LogP contribution in [0.3, 0.4) is 0 Å². The van der Waals surface area contributed by atoms with Crippen LogP contribution in [0, 0.1) is 0 Å². The molecule has 0 saturated heterocycles. The summed E-state index contributed by atoms with van der Waals surface area (Å²) in [5, 5.41) is 0. The number of hydrogen-bond donors (Lipinski definition) is 2. The topological polar surface area (TPSA) is 52.0 Å². The molecule has 0 fully saturated rings. The van der Waals surface area contributed by atoms with Crippen LogP contribution in [0.15, 0.2) is 84.9 Å². The van der Waals surface area contributed by atoms with Crippen molar-refractivity contribution in [2.45, 2.75) is 245 Å². The smallest absolute Gasteiger partial charge is 0.0346 e. The second kappa shape index (κ2) is 34.8. The highest BCUT2D eigenvalue weighted by molar-refractivity contribution is 5.50. The predicted molar refractivity (Wildman–Crippen MR) is 285 cm³/mol. The first-order valence-electron chi connectivity index (χ1n) is 27.4. The summed E-state index contributed by atoms with van der Waals surface area (Å²) in [6, 6.07) is 32.2. The Morgan fingerprint density at radius 1 is 0.250 bits per heavy atom. The maximum absolute atomic E-state index is 6.34. The molecule has 0 bridgehead atoms. The lowest BCUT2D eigenvalue weighted by molar-refractivity contribution is 0.524. The summed E-state index contributed by atoms with van der Waals surface area (Å²) in [7, 11) is 0. The number of unbranched alkanes of at least 4 members (excludes halogenated alkanes) is 27. The highest BCUT2D eigenvalue weighted by atomic mass is 14.6. The molecule has 2 nitrogen and oxygen atoms in total.